The number of nitrogens with zero attached hydrogens (tertiary/aromatic N) is 1. The Morgan fingerprint density at radius 3 is 2.76 bits per heavy atom. The smallest absolute Gasteiger partial charge is 0.267 e. The molecule has 3 heterocycles. The minimum absolute atomic E-state index is 0.105. The van der Waals surface area contributed by atoms with Crippen molar-refractivity contribution in [3.8, 4) is 0 Å². The molecule has 1 aromatic carbocycles. The van der Waals surface area contributed by atoms with E-state index in [9.17, 15) is 17.6 Å². The van der Waals surface area contributed by atoms with Gasteiger partial charge in [-0.25, -0.2) is 12.8 Å². The van der Waals surface area contributed by atoms with Gasteiger partial charge in [-0.05, 0) is 36.2 Å². The molecule has 0 atom stereocenters. The van der Waals surface area contributed by atoms with Crippen LogP contribution in [-0.2, 0) is 16.4 Å². The normalized spacial score (nSPS) is 15.6. The topological polar surface area (TPSA) is 98.1 Å². The van der Waals surface area contributed by atoms with Crippen molar-refractivity contribution in [3.05, 3.63) is 53.7 Å². The van der Waals surface area contributed by atoms with Crippen molar-refractivity contribution in [3.63, 3.8) is 0 Å². The van der Waals surface area contributed by atoms with E-state index in [2.05, 4.69) is 15.3 Å². The Bertz CT molecular complexity index is 1130. The van der Waals surface area contributed by atoms with Crippen LogP contribution in [0, 0.1) is 5.82 Å². The quantitative estimate of drug-likeness (QED) is 0.552. The first-order chi connectivity index (χ1) is 13.9. The first-order valence-electron chi connectivity index (χ1n) is 9.25. The molecule has 1 aliphatic heterocycles. The summed E-state index contributed by atoms with van der Waals surface area (Å²) in [5, 5.41) is 3.70. The maximum atomic E-state index is 13.3. The predicted octanol–water partition coefficient (Wildman–Crippen LogP) is 2.35. The maximum absolute atomic E-state index is 13.3. The van der Waals surface area contributed by atoms with Crippen molar-refractivity contribution in [1.82, 2.24) is 19.6 Å². The third-order valence-corrected chi connectivity index (χ3v) is 7.74. The molecule has 0 spiro atoms. The molecule has 0 saturated carbocycles. The first-order valence-corrected chi connectivity index (χ1v) is 11.8. The number of sulfonamides is 1. The summed E-state index contributed by atoms with van der Waals surface area (Å²) in [7, 11) is -3.58. The van der Waals surface area contributed by atoms with Gasteiger partial charge in [0, 0.05) is 54.4 Å². The summed E-state index contributed by atoms with van der Waals surface area (Å²) in [6.45, 7) is 1.33. The number of H-pyrrole nitrogens is 2. The molecule has 1 fully saturated rings. The van der Waals surface area contributed by atoms with Crippen LogP contribution in [0.3, 0.4) is 0 Å². The summed E-state index contributed by atoms with van der Waals surface area (Å²) in [5.74, 6) is 0.876. The number of carbonyl (C=O) groups is 1. The number of rotatable bonds is 6. The van der Waals surface area contributed by atoms with Crippen LogP contribution in [0.4, 0.5) is 4.39 Å². The largest absolute Gasteiger partial charge is 0.361 e. The van der Waals surface area contributed by atoms with E-state index in [0.717, 1.165) is 22.5 Å². The second-order valence-corrected chi connectivity index (χ2v) is 9.94. The molecule has 0 bridgehead atoms. The molecule has 0 unspecified atom stereocenters. The summed E-state index contributed by atoms with van der Waals surface area (Å²) in [6.07, 6.45) is 3.72. The highest BCUT2D eigenvalue weighted by Crippen LogP contribution is 2.21. The molecular formula is C19H21FN4O3S2. The van der Waals surface area contributed by atoms with E-state index in [1.54, 1.807) is 24.0 Å². The highest BCUT2D eigenvalue weighted by molar-refractivity contribution is 7.99. The second-order valence-electron chi connectivity index (χ2n) is 6.78. The van der Waals surface area contributed by atoms with Gasteiger partial charge in [0.15, 0.2) is 0 Å². The molecule has 7 nitrogen and oxygen atoms in total. The van der Waals surface area contributed by atoms with E-state index in [0.29, 0.717) is 31.6 Å². The standard InChI is InChI=1S/C19H21FN4O3S2/c20-14-1-2-16-13(11-22-17(16)9-14)3-4-21-19(25)18-10-15(12-23-18)29(26,27)24-5-7-28-8-6-24/h1-2,9-12,22-23H,3-8H2,(H,21,25). The minimum Gasteiger partial charge on any atom is -0.361 e. The van der Waals surface area contributed by atoms with E-state index < -0.39 is 10.0 Å². The van der Waals surface area contributed by atoms with Gasteiger partial charge in [-0.3, -0.25) is 4.79 Å². The van der Waals surface area contributed by atoms with Crippen LogP contribution in [0.15, 0.2) is 41.6 Å². The molecule has 3 N–H and O–H groups in total. The number of carbonyl (C=O) groups excluding carboxylic acids is 1. The molecule has 2 aromatic heterocycles. The summed E-state index contributed by atoms with van der Waals surface area (Å²) < 4.78 is 40.1. The van der Waals surface area contributed by atoms with Crippen LogP contribution in [0.5, 0.6) is 0 Å². The number of thioether (sulfide) groups is 1. The highest BCUT2D eigenvalue weighted by Gasteiger charge is 2.27. The summed E-state index contributed by atoms with van der Waals surface area (Å²) in [4.78, 5) is 18.3. The molecule has 1 saturated heterocycles. The molecule has 0 radical (unpaired) electrons. The Kier molecular flexibility index (Phi) is 5.66. The average Bonchev–Trinajstić information content (AvgIpc) is 3.36. The molecule has 0 aliphatic carbocycles. The maximum Gasteiger partial charge on any atom is 0.267 e. The van der Waals surface area contributed by atoms with E-state index in [1.807, 2.05) is 0 Å². The van der Waals surface area contributed by atoms with Crippen molar-refractivity contribution in [2.24, 2.45) is 0 Å². The molecular weight excluding hydrogens is 415 g/mol. The minimum atomic E-state index is -3.58. The number of fused-ring (bicyclic) bond motifs is 1. The zero-order valence-electron chi connectivity index (χ0n) is 15.6. The average molecular weight is 437 g/mol. The van der Waals surface area contributed by atoms with Crippen molar-refractivity contribution in [2.75, 3.05) is 31.1 Å². The molecule has 154 valence electrons. The zero-order valence-corrected chi connectivity index (χ0v) is 17.2. The lowest BCUT2D eigenvalue weighted by Crippen LogP contribution is -2.37. The van der Waals surface area contributed by atoms with Crippen molar-refractivity contribution >= 4 is 38.6 Å². The Morgan fingerprint density at radius 2 is 1.97 bits per heavy atom. The van der Waals surface area contributed by atoms with Gasteiger partial charge in [-0.1, -0.05) is 0 Å². The molecule has 29 heavy (non-hydrogen) atoms. The monoisotopic (exact) mass is 436 g/mol. The predicted molar refractivity (Wildman–Crippen MR) is 111 cm³/mol. The van der Waals surface area contributed by atoms with Crippen molar-refractivity contribution < 1.29 is 17.6 Å². The number of nitrogens with one attached hydrogen (secondary N) is 3. The Balaban J connectivity index is 1.38. The van der Waals surface area contributed by atoms with Gasteiger partial charge in [-0.15, -0.1) is 0 Å². The van der Waals surface area contributed by atoms with Gasteiger partial charge in [-0.2, -0.15) is 16.1 Å². The van der Waals surface area contributed by atoms with Crippen LogP contribution >= 0.6 is 11.8 Å². The summed E-state index contributed by atoms with van der Waals surface area (Å²) >= 11 is 1.73. The molecule has 4 rings (SSSR count). The number of aromatic amines is 2. The van der Waals surface area contributed by atoms with Gasteiger partial charge >= 0.3 is 0 Å². The first kappa shape index (κ1) is 20.0. The van der Waals surface area contributed by atoms with Crippen LogP contribution < -0.4 is 5.32 Å². The van der Waals surface area contributed by atoms with Crippen molar-refractivity contribution in [2.45, 2.75) is 11.3 Å². The fourth-order valence-corrected chi connectivity index (χ4v) is 5.93. The van der Waals surface area contributed by atoms with E-state index >= 15 is 0 Å². The Labute approximate surface area is 172 Å². The number of hydrogen-bond acceptors (Lipinski definition) is 4. The van der Waals surface area contributed by atoms with Gasteiger partial charge in [0.1, 0.15) is 16.4 Å². The lowest BCUT2D eigenvalue weighted by Gasteiger charge is -2.24. The highest BCUT2D eigenvalue weighted by atomic mass is 32.2. The van der Waals surface area contributed by atoms with Crippen LogP contribution in [0.1, 0.15) is 16.1 Å². The van der Waals surface area contributed by atoms with Gasteiger partial charge in [0.25, 0.3) is 5.91 Å². The summed E-state index contributed by atoms with van der Waals surface area (Å²) in [5.41, 5.74) is 1.88. The van der Waals surface area contributed by atoms with Gasteiger partial charge < -0.3 is 15.3 Å². The number of halogens is 1. The van der Waals surface area contributed by atoms with Gasteiger partial charge in [0.05, 0.1) is 0 Å². The van der Waals surface area contributed by atoms with E-state index in [1.165, 1.54) is 28.7 Å². The number of hydrogen-bond donors (Lipinski definition) is 3. The molecule has 10 heteroatoms. The van der Waals surface area contributed by atoms with Crippen LogP contribution in [-0.4, -0.2) is 59.7 Å². The molecule has 1 aliphatic rings. The Hall–Kier alpha value is -2.30. The summed E-state index contributed by atoms with van der Waals surface area (Å²) in [6, 6.07) is 5.92. The van der Waals surface area contributed by atoms with E-state index in [-0.39, 0.29) is 22.3 Å². The zero-order chi connectivity index (χ0) is 20.4. The van der Waals surface area contributed by atoms with E-state index in [4.69, 9.17) is 0 Å². The van der Waals surface area contributed by atoms with Crippen LogP contribution in [0.2, 0.25) is 0 Å². The third kappa shape index (κ3) is 4.19. The lowest BCUT2D eigenvalue weighted by atomic mass is 10.1. The van der Waals surface area contributed by atoms with Crippen molar-refractivity contribution in [1.29, 1.82) is 0 Å². The fraction of sp³-hybridized carbons (Fsp3) is 0.316. The Morgan fingerprint density at radius 1 is 1.17 bits per heavy atom. The lowest BCUT2D eigenvalue weighted by molar-refractivity contribution is 0.0949. The SMILES string of the molecule is O=C(NCCc1c[nH]c2cc(F)ccc12)c1cc(S(=O)(=O)N2CCSCC2)c[nH]1. The molecule has 1 amide bonds. The third-order valence-electron chi connectivity index (χ3n) is 4.92. The fourth-order valence-electron chi connectivity index (χ4n) is 3.36. The second kappa shape index (κ2) is 8.21. The number of amides is 1. The molecule has 3 aromatic rings. The van der Waals surface area contributed by atoms with Crippen LogP contribution in [0.25, 0.3) is 10.9 Å². The number of aromatic nitrogens is 2. The van der Waals surface area contributed by atoms with Gasteiger partial charge in [0.2, 0.25) is 10.0 Å². The number of benzene rings is 1.